The van der Waals surface area contributed by atoms with Gasteiger partial charge in [0.2, 0.25) is 0 Å². The van der Waals surface area contributed by atoms with Crippen LogP contribution in [0.25, 0.3) is 0 Å². The van der Waals surface area contributed by atoms with Gasteiger partial charge in [-0.1, -0.05) is 68.4 Å². The van der Waals surface area contributed by atoms with E-state index in [1.165, 1.54) is 27.1 Å². The number of aliphatic hydroxyl groups excluding tert-OH is 1. The summed E-state index contributed by atoms with van der Waals surface area (Å²) in [5.74, 6) is -0.483. The maximum atomic E-state index is 11.9. The number of nitrogens with one attached hydrogen (secondary N) is 1. The molecule has 6 nitrogen and oxygen atoms in total. The highest BCUT2D eigenvalue weighted by molar-refractivity contribution is 7.80. The summed E-state index contributed by atoms with van der Waals surface area (Å²) >= 11 is 4.20. The third-order valence-electron chi connectivity index (χ3n) is 4.82. The van der Waals surface area contributed by atoms with E-state index >= 15 is 0 Å². The number of unbranched alkanes of at least 4 members (excludes halogenated alkanes) is 2. The van der Waals surface area contributed by atoms with Crippen molar-refractivity contribution in [2.45, 2.75) is 76.5 Å². The van der Waals surface area contributed by atoms with Crippen molar-refractivity contribution in [3.8, 4) is 0 Å². The second kappa shape index (κ2) is 21.0. The van der Waals surface area contributed by atoms with Gasteiger partial charge in [-0.25, -0.2) is 0 Å². The van der Waals surface area contributed by atoms with Gasteiger partial charge >= 0.3 is 11.9 Å². The van der Waals surface area contributed by atoms with Gasteiger partial charge in [0.25, 0.3) is 0 Å². The molecule has 0 saturated heterocycles. The molecule has 0 fully saturated rings. The largest absolute Gasteiger partial charge is 0.469 e. The number of ether oxygens (including phenoxy) is 2. The SMILES string of the molecule is CCCC/C=C\C\C=C/C=C/C=C/CC(N[C@@H](CS)C(=O)OC)[C@@H](O)CCCC(=O)OC. The van der Waals surface area contributed by atoms with Gasteiger partial charge in [0.15, 0.2) is 0 Å². The van der Waals surface area contributed by atoms with Gasteiger partial charge in [-0.3, -0.25) is 14.9 Å². The standard InChI is InChI=1S/C25H41NO5S/c1-4-5-6-7-8-9-10-11-12-13-14-15-17-21(26-22(20-32)25(29)31-3)23(27)18-16-19-24(28)30-2/h7-8,10-15,21-23,26-27,32H,4-6,9,16-20H2,1-3H3/b8-7-,11-10-,13-12+,15-14+/t21?,22-,23-/m0/s1. The van der Waals surface area contributed by atoms with Crippen LogP contribution >= 0.6 is 12.6 Å². The summed E-state index contributed by atoms with van der Waals surface area (Å²) in [6.45, 7) is 2.19. The van der Waals surface area contributed by atoms with Crippen LogP contribution in [0.2, 0.25) is 0 Å². The highest BCUT2D eigenvalue weighted by atomic mass is 32.1. The molecule has 1 unspecified atom stereocenters. The van der Waals surface area contributed by atoms with Crippen molar-refractivity contribution in [2.24, 2.45) is 0 Å². The Kier molecular flexibility index (Phi) is 19.8. The zero-order chi connectivity index (χ0) is 24.0. The van der Waals surface area contributed by atoms with E-state index in [1.807, 2.05) is 30.4 Å². The van der Waals surface area contributed by atoms with E-state index in [9.17, 15) is 14.7 Å². The van der Waals surface area contributed by atoms with Crippen molar-refractivity contribution >= 4 is 24.6 Å². The number of carbonyl (C=O) groups excluding carboxylic acids is 2. The molecule has 0 rings (SSSR count). The Hall–Kier alpha value is -1.83. The van der Waals surface area contributed by atoms with Crippen molar-refractivity contribution in [3.63, 3.8) is 0 Å². The predicted molar refractivity (Wildman–Crippen MR) is 134 cm³/mol. The van der Waals surface area contributed by atoms with Crippen LogP contribution in [-0.2, 0) is 19.1 Å². The van der Waals surface area contributed by atoms with Crippen LogP contribution in [0.15, 0.2) is 48.6 Å². The first kappa shape index (κ1) is 30.2. The minimum Gasteiger partial charge on any atom is -0.469 e. The molecule has 3 atom stereocenters. The van der Waals surface area contributed by atoms with E-state index in [-0.39, 0.29) is 24.2 Å². The van der Waals surface area contributed by atoms with Crippen LogP contribution in [0.4, 0.5) is 0 Å². The average molecular weight is 468 g/mol. The topological polar surface area (TPSA) is 84.9 Å². The Bertz CT molecular complexity index is 615. The summed E-state index contributed by atoms with van der Waals surface area (Å²) in [6, 6.07) is -1.00. The van der Waals surface area contributed by atoms with Gasteiger partial charge < -0.3 is 14.6 Å². The molecule has 0 radical (unpaired) electrons. The van der Waals surface area contributed by atoms with E-state index < -0.39 is 18.1 Å². The smallest absolute Gasteiger partial charge is 0.323 e. The van der Waals surface area contributed by atoms with Gasteiger partial charge in [-0.15, -0.1) is 0 Å². The molecule has 0 amide bonds. The molecule has 182 valence electrons. The molecule has 32 heavy (non-hydrogen) atoms. The Labute approximate surface area is 199 Å². The minimum absolute atomic E-state index is 0.242. The van der Waals surface area contributed by atoms with Gasteiger partial charge in [0.05, 0.1) is 20.3 Å². The number of methoxy groups -OCH3 is 2. The van der Waals surface area contributed by atoms with Crippen molar-refractivity contribution in [1.29, 1.82) is 0 Å². The fourth-order valence-corrected chi connectivity index (χ4v) is 3.15. The molecule has 0 spiro atoms. The lowest BCUT2D eigenvalue weighted by molar-refractivity contribution is -0.143. The predicted octanol–water partition coefficient (Wildman–Crippen LogP) is 4.32. The first-order chi connectivity index (χ1) is 15.5. The fourth-order valence-electron chi connectivity index (χ4n) is 2.89. The number of hydrogen-bond donors (Lipinski definition) is 3. The number of thiol groups is 1. The van der Waals surface area contributed by atoms with Gasteiger partial charge in [0, 0.05) is 18.2 Å². The lowest BCUT2D eigenvalue weighted by Gasteiger charge is -2.26. The molecule has 7 heteroatoms. The third kappa shape index (κ3) is 15.9. The average Bonchev–Trinajstić information content (AvgIpc) is 2.80. The number of hydrogen-bond acceptors (Lipinski definition) is 7. The lowest BCUT2D eigenvalue weighted by atomic mass is 10.0. The molecule has 0 aromatic carbocycles. The van der Waals surface area contributed by atoms with Crippen LogP contribution in [0, 0.1) is 0 Å². The normalized spacial score (nSPS) is 15.0. The molecule has 0 heterocycles. The van der Waals surface area contributed by atoms with Crippen molar-refractivity contribution < 1.29 is 24.2 Å². The molecule has 0 aromatic rings. The first-order valence-corrected chi connectivity index (χ1v) is 12.0. The maximum absolute atomic E-state index is 11.9. The molecule has 0 aromatic heterocycles. The first-order valence-electron chi connectivity index (χ1n) is 11.3. The Morgan fingerprint density at radius 3 is 2.34 bits per heavy atom. The summed E-state index contributed by atoms with van der Waals surface area (Å²) in [4.78, 5) is 23.2. The molecule has 0 aliphatic carbocycles. The van der Waals surface area contributed by atoms with Crippen molar-refractivity contribution in [2.75, 3.05) is 20.0 Å². The Morgan fingerprint density at radius 1 is 1.00 bits per heavy atom. The molecule has 0 aliphatic rings. The number of rotatable bonds is 18. The lowest BCUT2D eigenvalue weighted by Crippen LogP contribution is -2.50. The molecule has 0 bridgehead atoms. The fraction of sp³-hybridized carbons (Fsp3) is 0.600. The van der Waals surface area contributed by atoms with Crippen molar-refractivity contribution in [3.05, 3.63) is 48.6 Å². The van der Waals surface area contributed by atoms with Gasteiger partial charge in [-0.05, 0) is 32.1 Å². The third-order valence-corrected chi connectivity index (χ3v) is 5.18. The molecule has 0 aliphatic heterocycles. The monoisotopic (exact) mass is 467 g/mol. The highest BCUT2D eigenvalue weighted by Crippen LogP contribution is 2.11. The van der Waals surface area contributed by atoms with E-state index in [0.29, 0.717) is 19.3 Å². The molecular formula is C25H41NO5S. The second-order valence-corrected chi connectivity index (χ2v) is 7.76. The molecular weight excluding hydrogens is 426 g/mol. The Balaban J connectivity index is 4.70. The minimum atomic E-state index is -0.736. The summed E-state index contributed by atoms with van der Waals surface area (Å²) < 4.78 is 9.43. The maximum Gasteiger partial charge on any atom is 0.323 e. The van der Waals surface area contributed by atoms with E-state index in [1.54, 1.807) is 0 Å². The van der Waals surface area contributed by atoms with Crippen LogP contribution in [0.5, 0.6) is 0 Å². The van der Waals surface area contributed by atoms with Crippen LogP contribution < -0.4 is 5.32 Å². The van der Waals surface area contributed by atoms with E-state index in [0.717, 1.165) is 12.8 Å². The highest BCUT2D eigenvalue weighted by Gasteiger charge is 2.25. The Morgan fingerprint density at radius 2 is 1.72 bits per heavy atom. The van der Waals surface area contributed by atoms with Gasteiger partial charge in [-0.2, -0.15) is 12.6 Å². The molecule has 2 N–H and O–H groups in total. The van der Waals surface area contributed by atoms with Crippen LogP contribution in [0.1, 0.15) is 58.3 Å². The quantitative estimate of drug-likeness (QED) is 0.0916. The summed E-state index contributed by atoms with van der Waals surface area (Å²) in [7, 11) is 2.66. The van der Waals surface area contributed by atoms with E-state index in [2.05, 4.69) is 47.8 Å². The summed E-state index contributed by atoms with van der Waals surface area (Å²) in [6.07, 6.45) is 21.6. The van der Waals surface area contributed by atoms with Crippen molar-refractivity contribution in [1.82, 2.24) is 5.32 Å². The number of aliphatic hydroxyl groups is 1. The number of esters is 2. The van der Waals surface area contributed by atoms with Gasteiger partial charge in [0.1, 0.15) is 6.04 Å². The van der Waals surface area contributed by atoms with E-state index in [4.69, 9.17) is 4.74 Å². The number of carbonyl (C=O) groups is 2. The number of allylic oxidation sites excluding steroid dienone is 7. The van der Waals surface area contributed by atoms with Crippen LogP contribution in [-0.4, -0.2) is 55.2 Å². The zero-order valence-corrected chi connectivity index (χ0v) is 20.6. The summed E-state index contributed by atoms with van der Waals surface area (Å²) in [5.41, 5.74) is 0. The summed E-state index contributed by atoms with van der Waals surface area (Å²) in [5, 5.41) is 13.7. The molecule has 0 saturated carbocycles. The van der Waals surface area contributed by atoms with Crippen LogP contribution in [0.3, 0.4) is 0 Å². The zero-order valence-electron chi connectivity index (χ0n) is 19.7. The second-order valence-electron chi connectivity index (χ2n) is 7.39.